The van der Waals surface area contributed by atoms with Crippen LogP contribution in [0.25, 0.3) is 0 Å². The Balaban J connectivity index is 2.33. The summed E-state index contributed by atoms with van der Waals surface area (Å²) in [5.74, 6) is 0. The lowest BCUT2D eigenvalue weighted by atomic mass is 10.4. The minimum Gasteiger partial charge on any atom is -0.143 e. The molecular formula is C12H10OPS+. The van der Waals surface area contributed by atoms with Gasteiger partial charge in [0.25, 0.3) is 0 Å². The molecular weight excluding hydrogens is 223 g/mol. The molecule has 1 unspecified atom stereocenters. The number of hydrogen-bond acceptors (Lipinski definition) is 2. The van der Waals surface area contributed by atoms with Crippen molar-refractivity contribution < 1.29 is 4.57 Å². The van der Waals surface area contributed by atoms with Crippen LogP contribution >= 0.6 is 20.4 Å². The van der Waals surface area contributed by atoms with Crippen molar-refractivity contribution in [3.05, 3.63) is 54.6 Å². The Bertz CT molecular complexity index is 465. The molecule has 0 aliphatic heterocycles. The van der Waals surface area contributed by atoms with Gasteiger partial charge in [-0.2, -0.15) is 0 Å². The third-order valence-electron chi connectivity index (χ3n) is 2.07. The minimum atomic E-state index is -1.47. The highest BCUT2D eigenvalue weighted by molar-refractivity contribution is 7.80. The van der Waals surface area contributed by atoms with Crippen molar-refractivity contribution in [2.75, 3.05) is 0 Å². The van der Waals surface area contributed by atoms with Crippen LogP contribution < -0.4 is 10.6 Å². The fourth-order valence-electron chi connectivity index (χ4n) is 1.30. The van der Waals surface area contributed by atoms with Crippen LogP contribution in [-0.4, -0.2) is 0 Å². The largest absolute Gasteiger partial charge is 0.415 e. The van der Waals surface area contributed by atoms with E-state index >= 15 is 0 Å². The fraction of sp³-hybridized carbons (Fsp3) is 0. The molecule has 1 atom stereocenters. The van der Waals surface area contributed by atoms with Crippen molar-refractivity contribution in [2.24, 2.45) is 0 Å². The van der Waals surface area contributed by atoms with Crippen LogP contribution in [0.3, 0.4) is 0 Å². The maximum Gasteiger partial charge on any atom is 0.415 e. The molecule has 2 aromatic carbocycles. The van der Waals surface area contributed by atoms with Gasteiger partial charge in [0.15, 0.2) is 10.6 Å². The highest BCUT2D eigenvalue weighted by Crippen LogP contribution is 2.19. The van der Waals surface area contributed by atoms with Gasteiger partial charge in [-0.05, 0) is 36.4 Å². The van der Waals surface area contributed by atoms with Crippen LogP contribution in [0.5, 0.6) is 0 Å². The summed E-state index contributed by atoms with van der Waals surface area (Å²) in [6.45, 7) is 0. The summed E-state index contributed by atoms with van der Waals surface area (Å²) < 4.78 is 12.1. The molecule has 0 fully saturated rings. The zero-order valence-corrected chi connectivity index (χ0v) is 9.79. The summed E-state index contributed by atoms with van der Waals surface area (Å²) in [6, 6.07) is 16.9. The molecule has 15 heavy (non-hydrogen) atoms. The van der Waals surface area contributed by atoms with Crippen LogP contribution in [0.1, 0.15) is 0 Å². The monoisotopic (exact) mass is 233 g/mol. The molecule has 74 valence electrons. The summed E-state index contributed by atoms with van der Waals surface area (Å²) in [4.78, 5) is 0.884. The fourth-order valence-corrected chi connectivity index (χ4v) is 2.61. The summed E-state index contributed by atoms with van der Waals surface area (Å²) in [5.41, 5.74) is 0. The predicted molar refractivity (Wildman–Crippen MR) is 67.0 cm³/mol. The first-order chi connectivity index (χ1) is 7.27. The van der Waals surface area contributed by atoms with Gasteiger partial charge in [-0.15, -0.1) is 12.6 Å². The summed E-state index contributed by atoms with van der Waals surface area (Å²) >= 11 is 4.19. The van der Waals surface area contributed by atoms with E-state index in [1.54, 1.807) is 0 Å². The second kappa shape index (κ2) is 4.61. The highest BCUT2D eigenvalue weighted by Gasteiger charge is 2.22. The molecule has 0 amide bonds. The smallest absolute Gasteiger partial charge is 0.143 e. The van der Waals surface area contributed by atoms with E-state index in [0.29, 0.717) is 0 Å². The molecule has 1 nitrogen and oxygen atoms in total. The zero-order valence-electron chi connectivity index (χ0n) is 8.00. The van der Waals surface area contributed by atoms with E-state index < -0.39 is 7.80 Å². The van der Waals surface area contributed by atoms with Gasteiger partial charge >= 0.3 is 7.80 Å². The first-order valence-electron chi connectivity index (χ1n) is 4.59. The van der Waals surface area contributed by atoms with E-state index in [-0.39, 0.29) is 0 Å². The lowest BCUT2D eigenvalue weighted by Crippen LogP contribution is -2.05. The Morgan fingerprint density at radius 3 is 1.93 bits per heavy atom. The van der Waals surface area contributed by atoms with Gasteiger partial charge in [0, 0.05) is 4.90 Å². The second-order valence-electron chi connectivity index (χ2n) is 3.15. The van der Waals surface area contributed by atoms with Crippen molar-refractivity contribution >= 4 is 31.0 Å². The lowest BCUT2D eigenvalue weighted by molar-refractivity contribution is 0.598. The molecule has 0 saturated carbocycles. The van der Waals surface area contributed by atoms with Gasteiger partial charge in [0.1, 0.15) is 0 Å². The normalized spacial score (nSPS) is 11.1. The van der Waals surface area contributed by atoms with Crippen LogP contribution in [0.15, 0.2) is 59.5 Å². The van der Waals surface area contributed by atoms with Crippen molar-refractivity contribution in [2.45, 2.75) is 4.90 Å². The summed E-state index contributed by atoms with van der Waals surface area (Å²) in [7, 11) is -1.47. The number of hydrogen-bond donors (Lipinski definition) is 1. The van der Waals surface area contributed by atoms with Gasteiger partial charge < -0.3 is 0 Å². The van der Waals surface area contributed by atoms with Crippen LogP contribution in [-0.2, 0) is 4.57 Å². The average molecular weight is 233 g/mol. The zero-order chi connectivity index (χ0) is 10.7. The Kier molecular flexibility index (Phi) is 3.20. The molecule has 3 heteroatoms. The van der Waals surface area contributed by atoms with E-state index in [1.807, 2.05) is 54.6 Å². The topological polar surface area (TPSA) is 17.1 Å². The average Bonchev–Trinajstić information content (AvgIpc) is 2.30. The molecule has 0 aromatic heterocycles. The molecule has 0 heterocycles. The molecule has 0 radical (unpaired) electrons. The Labute approximate surface area is 95.3 Å². The molecule has 2 aromatic rings. The number of thiol groups is 1. The molecule has 0 bridgehead atoms. The summed E-state index contributed by atoms with van der Waals surface area (Å²) in [6.07, 6.45) is 0. The Morgan fingerprint density at radius 2 is 1.33 bits per heavy atom. The van der Waals surface area contributed by atoms with Gasteiger partial charge in [0.2, 0.25) is 0 Å². The molecule has 0 N–H and O–H groups in total. The van der Waals surface area contributed by atoms with Crippen molar-refractivity contribution in [3.63, 3.8) is 0 Å². The first-order valence-corrected chi connectivity index (χ1v) is 6.29. The van der Waals surface area contributed by atoms with E-state index in [9.17, 15) is 4.57 Å². The quantitative estimate of drug-likeness (QED) is 0.623. The van der Waals surface area contributed by atoms with E-state index in [0.717, 1.165) is 15.5 Å². The molecule has 0 saturated heterocycles. The predicted octanol–water partition coefficient (Wildman–Crippen LogP) is 2.75. The maximum atomic E-state index is 12.1. The maximum absolute atomic E-state index is 12.1. The van der Waals surface area contributed by atoms with E-state index in [4.69, 9.17) is 0 Å². The highest BCUT2D eigenvalue weighted by atomic mass is 32.1. The summed E-state index contributed by atoms with van der Waals surface area (Å²) in [5, 5.41) is 1.70. The number of rotatable bonds is 2. The second-order valence-corrected chi connectivity index (χ2v) is 5.28. The molecule has 0 aliphatic rings. The Morgan fingerprint density at radius 1 is 0.800 bits per heavy atom. The van der Waals surface area contributed by atoms with Gasteiger partial charge in [0.05, 0.1) is 0 Å². The minimum absolute atomic E-state index is 0.842. The van der Waals surface area contributed by atoms with Crippen molar-refractivity contribution in [3.8, 4) is 0 Å². The van der Waals surface area contributed by atoms with E-state index in [1.165, 1.54) is 0 Å². The molecule has 2 rings (SSSR count). The van der Waals surface area contributed by atoms with Crippen LogP contribution in [0, 0.1) is 0 Å². The lowest BCUT2D eigenvalue weighted by Gasteiger charge is -1.90. The van der Waals surface area contributed by atoms with Crippen LogP contribution in [0.2, 0.25) is 0 Å². The third-order valence-corrected chi connectivity index (χ3v) is 3.91. The first kappa shape index (κ1) is 10.4. The molecule has 0 spiro atoms. The van der Waals surface area contributed by atoms with Gasteiger partial charge in [-0.3, -0.25) is 0 Å². The SMILES string of the molecule is O=[P+](c1ccccc1)c1ccc(S)cc1. The van der Waals surface area contributed by atoms with Gasteiger partial charge in [-0.25, -0.2) is 0 Å². The van der Waals surface area contributed by atoms with E-state index in [2.05, 4.69) is 12.6 Å². The van der Waals surface area contributed by atoms with Crippen molar-refractivity contribution in [1.29, 1.82) is 0 Å². The Hall–Kier alpha value is -1.11. The van der Waals surface area contributed by atoms with Gasteiger partial charge in [-0.1, -0.05) is 22.8 Å². The van der Waals surface area contributed by atoms with Crippen molar-refractivity contribution in [1.82, 2.24) is 0 Å². The number of benzene rings is 2. The third kappa shape index (κ3) is 2.47. The molecule has 0 aliphatic carbocycles. The van der Waals surface area contributed by atoms with Crippen LogP contribution in [0.4, 0.5) is 0 Å². The standard InChI is InChI=1S/C12H9OPS/c13-14(10-4-2-1-3-5-10)11-6-8-12(15)9-7-11/h1-9H/p+1.